The van der Waals surface area contributed by atoms with Crippen molar-refractivity contribution in [3.63, 3.8) is 0 Å². The first-order chi connectivity index (χ1) is 32.8. The summed E-state index contributed by atoms with van der Waals surface area (Å²) in [6.45, 7) is 15.6. The zero-order valence-electron chi connectivity index (χ0n) is 41.3. The van der Waals surface area contributed by atoms with Gasteiger partial charge in [0.1, 0.15) is 0 Å². The molecule has 9 aromatic rings. The molecule has 1 aliphatic carbocycles. The van der Waals surface area contributed by atoms with Gasteiger partial charge in [0.15, 0.2) is 0 Å². The van der Waals surface area contributed by atoms with Gasteiger partial charge in [-0.3, -0.25) is 0 Å². The Hall–Kier alpha value is -6.07. The summed E-state index contributed by atoms with van der Waals surface area (Å²) in [5.41, 5.74) is 18.5. The van der Waals surface area contributed by atoms with Gasteiger partial charge in [0.05, 0.1) is 5.58 Å². The van der Waals surface area contributed by atoms with Crippen LogP contribution in [0.5, 0.6) is 0 Å². The Morgan fingerprint density at radius 2 is 1.32 bits per heavy atom. The zero-order valence-corrected chi connectivity index (χ0v) is 43.6. The summed E-state index contributed by atoms with van der Waals surface area (Å²) in [6.07, 6.45) is 16.0. The molecular formula is C63H63IrN4O. The molecule has 1 saturated carbocycles. The Balaban J connectivity index is 0.000000210. The van der Waals surface area contributed by atoms with Crippen molar-refractivity contribution >= 4 is 22.1 Å². The summed E-state index contributed by atoms with van der Waals surface area (Å²) in [7, 11) is 0. The molecule has 4 aromatic carbocycles. The van der Waals surface area contributed by atoms with Gasteiger partial charge in [-0.15, -0.1) is 89.0 Å². The Labute approximate surface area is 423 Å². The van der Waals surface area contributed by atoms with Crippen molar-refractivity contribution in [1.29, 1.82) is 0 Å². The largest absolute Gasteiger partial charge is 3.00 e. The first-order valence-corrected chi connectivity index (χ1v) is 24.5. The number of furan rings is 1. The fourth-order valence-corrected chi connectivity index (χ4v) is 9.55. The fourth-order valence-electron chi connectivity index (χ4n) is 9.55. The SMILES string of the molecule is Cc1c[c-]c(-c2ccc(CCc3cc(CCc4c[c-]c(-c5ccccn5)cc4)cc(C4CCC(C)(C)CC4)c3)cn2)cc1.Cc1ccc2c(n1)oc1c(-c3cc(CC(C)(C)C)ccn3)[c-]ccc12.[Ir+3]. The second kappa shape index (κ2) is 21.7. The van der Waals surface area contributed by atoms with E-state index in [9.17, 15) is 0 Å². The van der Waals surface area contributed by atoms with Crippen molar-refractivity contribution in [2.24, 2.45) is 10.8 Å². The van der Waals surface area contributed by atoms with Gasteiger partial charge in [0.25, 0.3) is 0 Å². The second-order valence-corrected chi connectivity index (χ2v) is 21.0. The summed E-state index contributed by atoms with van der Waals surface area (Å²) in [5, 5.41) is 2.08. The number of benzene rings is 4. The maximum atomic E-state index is 6.08. The summed E-state index contributed by atoms with van der Waals surface area (Å²) in [4.78, 5) is 18.3. The van der Waals surface area contributed by atoms with Crippen LogP contribution in [0.25, 0.3) is 55.8 Å². The van der Waals surface area contributed by atoms with Crippen molar-refractivity contribution < 1.29 is 24.5 Å². The van der Waals surface area contributed by atoms with E-state index in [0.717, 1.165) is 87.9 Å². The minimum absolute atomic E-state index is 0. The maximum Gasteiger partial charge on any atom is 3.00 e. The summed E-state index contributed by atoms with van der Waals surface area (Å²) < 4.78 is 6.08. The number of aryl methyl sites for hydroxylation is 6. The second-order valence-electron chi connectivity index (χ2n) is 21.0. The molecule has 0 saturated heterocycles. The van der Waals surface area contributed by atoms with Crippen LogP contribution in [0, 0.1) is 42.9 Å². The Bertz CT molecular complexity index is 3100. The molecule has 0 atom stereocenters. The van der Waals surface area contributed by atoms with Crippen LogP contribution in [-0.4, -0.2) is 19.9 Å². The van der Waals surface area contributed by atoms with Gasteiger partial charge in [0, 0.05) is 29.7 Å². The molecule has 6 heteroatoms. The standard InChI is InChI=1S/C41H42N2.C22H21N2O.Ir/c1-30-7-16-36(17-8-30)40-20-15-32(29-43-40)10-12-34-26-33(27-38(28-34)35-21-23-41(2,3)24-22-35)11-9-31-13-18-37(19-14-31)39-6-4-5-25-42-39;1-14-8-9-17-16-6-5-7-18(20(16)25-21(17)24-14)19-12-15(10-11-23-19)13-22(2,3)4;/h4-8,13-16,18,20,25-29,35H,9-12,21-24H2,1-3H3;5-6,8-12H,13H2,1-4H3;/q-2;-1;+3. The molecule has 0 aliphatic heterocycles. The van der Waals surface area contributed by atoms with Crippen molar-refractivity contribution in [2.75, 3.05) is 0 Å². The molecule has 0 radical (unpaired) electrons. The van der Waals surface area contributed by atoms with Gasteiger partial charge in [-0.25, -0.2) is 4.98 Å². The summed E-state index contributed by atoms with van der Waals surface area (Å²) in [6, 6.07) is 53.0. The van der Waals surface area contributed by atoms with Crippen molar-refractivity contribution in [3.8, 4) is 33.8 Å². The third-order valence-corrected chi connectivity index (χ3v) is 13.4. The van der Waals surface area contributed by atoms with Gasteiger partial charge in [-0.05, 0) is 139 Å². The van der Waals surface area contributed by atoms with Crippen LogP contribution in [0.3, 0.4) is 0 Å². The minimum Gasteiger partial charge on any atom is -0.486 e. The molecule has 1 aliphatic rings. The molecule has 10 rings (SSSR count). The quantitative estimate of drug-likeness (QED) is 0.121. The zero-order chi connectivity index (χ0) is 47.3. The monoisotopic (exact) mass is 1080 g/mol. The molecule has 5 aromatic heterocycles. The van der Waals surface area contributed by atoms with Gasteiger partial charge in [-0.2, -0.15) is 0 Å². The van der Waals surface area contributed by atoms with Crippen LogP contribution >= 0.6 is 0 Å². The first kappa shape index (κ1) is 49.4. The van der Waals surface area contributed by atoms with E-state index in [1.807, 2.05) is 68.0 Å². The number of hydrogen-bond acceptors (Lipinski definition) is 5. The molecule has 0 bridgehead atoms. The topological polar surface area (TPSA) is 64.7 Å². The van der Waals surface area contributed by atoms with E-state index in [1.165, 1.54) is 59.1 Å². The number of pyridine rings is 4. The Morgan fingerprint density at radius 1 is 0.623 bits per heavy atom. The van der Waals surface area contributed by atoms with Crippen molar-refractivity contribution in [2.45, 2.75) is 112 Å². The van der Waals surface area contributed by atoms with E-state index in [2.05, 4.69) is 154 Å². The molecule has 350 valence electrons. The number of nitrogens with zero attached hydrogens (tertiary/aromatic N) is 4. The third-order valence-electron chi connectivity index (χ3n) is 13.4. The van der Waals surface area contributed by atoms with E-state index in [1.54, 1.807) is 5.56 Å². The number of fused-ring (bicyclic) bond motifs is 3. The molecule has 5 nitrogen and oxygen atoms in total. The van der Waals surface area contributed by atoms with Crippen LogP contribution in [0.4, 0.5) is 0 Å². The van der Waals surface area contributed by atoms with Crippen LogP contribution in [-0.2, 0) is 52.2 Å². The fraction of sp³-hybridized carbons (Fsp3) is 0.302. The maximum absolute atomic E-state index is 6.08. The number of aromatic nitrogens is 4. The van der Waals surface area contributed by atoms with Crippen LogP contribution in [0.2, 0.25) is 0 Å². The number of hydrogen-bond donors (Lipinski definition) is 0. The van der Waals surface area contributed by atoms with Crippen molar-refractivity contribution in [1.82, 2.24) is 19.9 Å². The van der Waals surface area contributed by atoms with E-state index in [4.69, 9.17) is 9.40 Å². The molecule has 69 heavy (non-hydrogen) atoms. The summed E-state index contributed by atoms with van der Waals surface area (Å²) in [5.74, 6) is 0.671. The van der Waals surface area contributed by atoms with Gasteiger partial charge in [0.2, 0.25) is 5.71 Å². The van der Waals surface area contributed by atoms with Gasteiger partial charge in [-0.1, -0.05) is 113 Å². The minimum atomic E-state index is 0. The van der Waals surface area contributed by atoms with E-state index >= 15 is 0 Å². The van der Waals surface area contributed by atoms with Crippen molar-refractivity contribution in [3.05, 3.63) is 203 Å². The molecule has 0 N–H and O–H groups in total. The molecule has 1 fully saturated rings. The van der Waals surface area contributed by atoms with E-state index < -0.39 is 0 Å². The molecule has 0 unspecified atom stereocenters. The third kappa shape index (κ3) is 12.8. The molecular weight excluding hydrogens is 1020 g/mol. The van der Waals surface area contributed by atoms with Crippen LogP contribution in [0.15, 0.2) is 144 Å². The van der Waals surface area contributed by atoms with E-state index in [-0.39, 0.29) is 25.5 Å². The van der Waals surface area contributed by atoms with Crippen LogP contribution in [0.1, 0.15) is 111 Å². The van der Waals surface area contributed by atoms with Gasteiger partial charge >= 0.3 is 20.1 Å². The summed E-state index contributed by atoms with van der Waals surface area (Å²) >= 11 is 0. The predicted molar refractivity (Wildman–Crippen MR) is 279 cm³/mol. The normalized spacial score (nSPS) is 13.7. The van der Waals surface area contributed by atoms with E-state index in [0.29, 0.717) is 17.0 Å². The smallest absolute Gasteiger partial charge is 0.486 e. The Kier molecular flexibility index (Phi) is 15.5. The molecule has 0 amide bonds. The predicted octanol–water partition coefficient (Wildman–Crippen LogP) is 15.7. The average Bonchev–Trinajstić information content (AvgIpc) is 3.71. The Morgan fingerprint density at radius 3 is 1.99 bits per heavy atom. The number of rotatable bonds is 11. The van der Waals surface area contributed by atoms with Crippen LogP contribution < -0.4 is 0 Å². The van der Waals surface area contributed by atoms with Gasteiger partial charge < -0.3 is 19.4 Å². The average molecular weight is 1080 g/mol. The molecule has 0 spiro atoms. The first-order valence-electron chi connectivity index (χ1n) is 24.5. The molecule has 5 heterocycles.